The van der Waals surface area contributed by atoms with E-state index in [4.69, 9.17) is 16.3 Å². The van der Waals surface area contributed by atoms with E-state index in [0.717, 1.165) is 6.92 Å². The molecule has 7 nitrogen and oxygen atoms in total. The van der Waals surface area contributed by atoms with Gasteiger partial charge in [-0.1, -0.05) is 17.7 Å². The third-order valence-corrected chi connectivity index (χ3v) is 6.22. The van der Waals surface area contributed by atoms with E-state index in [1.54, 1.807) is 31.0 Å². The zero-order chi connectivity index (χ0) is 26.6. The third-order valence-electron chi connectivity index (χ3n) is 5.86. The van der Waals surface area contributed by atoms with Crippen LogP contribution < -0.4 is 14.6 Å². The van der Waals surface area contributed by atoms with Gasteiger partial charge >= 0.3 is 6.18 Å². The number of carbonyl (C=O) groups is 1. The number of ether oxygens (including phenoxy) is 1. The van der Waals surface area contributed by atoms with Gasteiger partial charge in [0.05, 0.1) is 11.4 Å². The van der Waals surface area contributed by atoms with Crippen LogP contribution in [0, 0.1) is 5.82 Å². The molecule has 1 unspecified atom stereocenters. The van der Waals surface area contributed by atoms with Gasteiger partial charge in [-0.15, -0.1) is 0 Å². The highest BCUT2D eigenvalue weighted by Crippen LogP contribution is 2.43. The number of amidine groups is 1. The second-order valence-corrected chi connectivity index (χ2v) is 8.62. The molecule has 12 heteroatoms. The maximum Gasteiger partial charge on any atom is 0.425 e. The standard InChI is InChI=1S/C24H27ClF4N4O3/c1-4-32(14-35)22(13-34)30-31(3)17-10-16-8-9-33(12-18-19(25)6-5-7-20(18)26)23(16)21(11-17)36-15(2)24(27,28)29/h5-7,10-11,14-15,34H,4,8-9,12-13H2,1-3H3/b30-22-. The van der Waals surface area contributed by atoms with Crippen molar-refractivity contribution in [3.8, 4) is 5.75 Å². The Morgan fingerprint density at radius 2 is 2.08 bits per heavy atom. The smallest absolute Gasteiger partial charge is 0.425 e. The summed E-state index contributed by atoms with van der Waals surface area (Å²) >= 11 is 6.18. The molecule has 2 aromatic rings. The number of likely N-dealkylation sites (N-methyl/N-ethyl adjacent to an activating group) is 1. The monoisotopic (exact) mass is 530 g/mol. The van der Waals surface area contributed by atoms with Crippen LogP contribution in [-0.4, -0.2) is 61.3 Å². The first kappa shape index (κ1) is 27.5. The highest BCUT2D eigenvalue weighted by molar-refractivity contribution is 6.31. The molecule has 2 aromatic carbocycles. The summed E-state index contributed by atoms with van der Waals surface area (Å²) in [5.41, 5.74) is 1.71. The molecule has 1 aliphatic heterocycles. The van der Waals surface area contributed by atoms with E-state index in [1.165, 1.54) is 28.1 Å². The Balaban J connectivity index is 2.05. The van der Waals surface area contributed by atoms with Crippen LogP contribution in [0.1, 0.15) is 25.0 Å². The average molecular weight is 531 g/mol. The van der Waals surface area contributed by atoms with Crippen molar-refractivity contribution in [2.45, 2.75) is 39.1 Å². The number of hydrazone groups is 1. The first-order valence-corrected chi connectivity index (χ1v) is 11.6. The SMILES string of the molecule is CCN(C=O)/C(CO)=N\N(C)c1cc2c(c(OC(C)C(F)(F)F)c1)N(Cc1c(F)cccc1Cl)CC2. The lowest BCUT2D eigenvalue weighted by Crippen LogP contribution is -2.34. The second kappa shape index (κ2) is 11.3. The fraction of sp³-hybridized carbons (Fsp3) is 0.417. The van der Waals surface area contributed by atoms with Gasteiger partial charge in [0.1, 0.15) is 18.2 Å². The van der Waals surface area contributed by atoms with Crippen LogP contribution >= 0.6 is 11.6 Å². The van der Waals surface area contributed by atoms with Gasteiger partial charge in [0, 0.05) is 43.3 Å². The molecule has 0 saturated carbocycles. The topological polar surface area (TPSA) is 68.6 Å². The van der Waals surface area contributed by atoms with Gasteiger partial charge in [-0.05, 0) is 44.0 Å². The summed E-state index contributed by atoms with van der Waals surface area (Å²) in [6.07, 6.45) is -5.73. The molecular formula is C24H27ClF4N4O3. The van der Waals surface area contributed by atoms with E-state index in [-0.39, 0.29) is 35.3 Å². The molecule has 1 N–H and O–H groups in total. The minimum atomic E-state index is -4.61. The van der Waals surface area contributed by atoms with Crippen molar-refractivity contribution in [1.29, 1.82) is 0 Å². The largest absolute Gasteiger partial charge is 0.479 e. The summed E-state index contributed by atoms with van der Waals surface area (Å²) in [4.78, 5) is 14.2. The van der Waals surface area contributed by atoms with E-state index < -0.39 is 24.7 Å². The van der Waals surface area contributed by atoms with E-state index >= 15 is 0 Å². The van der Waals surface area contributed by atoms with Crippen LogP contribution in [0.5, 0.6) is 5.75 Å². The van der Waals surface area contributed by atoms with Crippen molar-refractivity contribution in [2.24, 2.45) is 5.10 Å². The fourth-order valence-corrected chi connectivity index (χ4v) is 4.08. The molecule has 0 bridgehead atoms. The van der Waals surface area contributed by atoms with Crippen molar-refractivity contribution in [1.82, 2.24) is 4.90 Å². The Morgan fingerprint density at radius 1 is 1.36 bits per heavy atom. The number of benzene rings is 2. The molecule has 0 spiro atoms. The van der Waals surface area contributed by atoms with Crippen molar-refractivity contribution in [3.05, 3.63) is 52.3 Å². The molecule has 36 heavy (non-hydrogen) atoms. The number of amides is 1. The number of alkyl halides is 3. The molecule has 0 radical (unpaired) electrons. The molecule has 1 aliphatic rings. The van der Waals surface area contributed by atoms with E-state index in [1.807, 2.05) is 0 Å². The van der Waals surface area contributed by atoms with Crippen LogP contribution in [0.15, 0.2) is 35.4 Å². The van der Waals surface area contributed by atoms with E-state index in [2.05, 4.69) is 5.10 Å². The zero-order valence-corrected chi connectivity index (χ0v) is 20.8. The zero-order valence-electron chi connectivity index (χ0n) is 20.0. The molecule has 1 atom stereocenters. The van der Waals surface area contributed by atoms with Crippen molar-refractivity contribution in [2.75, 3.05) is 36.7 Å². The van der Waals surface area contributed by atoms with Crippen molar-refractivity contribution < 1.29 is 32.2 Å². The summed E-state index contributed by atoms with van der Waals surface area (Å²) in [6, 6.07) is 7.44. The quantitative estimate of drug-likeness (QED) is 0.169. The highest BCUT2D eigenvalue weighted by Gasteiger charge is 2.39. The van der Waals surface area contributed by atoms with Crippen molar-refractivity contribution in [3.63, 3.8) is 0 Å². The lowest BCUT2D eigenvalue weighted by atomic mass is 10.1. The lowest BCUT2D eigenvalue weighted by Gasteiger charge is -2.27. The Hall–Kier alpha value is -3.05. The summed E-state index contributed by atoms with van der Waals surface area (Å²) in [7, 11) is 1.54. The number of hydrogen-bond acceptors (Lipinski definition) is 6. The van der Waals surface area contributed by atoms with Gasteiger partial charge in [0.15, 0.2) is 11.9 Å². The molecule has 0 saturated heterocycles. The molecular weight excluding hydrogens is 504 g/mol. The number of aliphatic hydroxyl groups is 1. The Morgan fingerprint density at radius 3 is 2.67 bits per heavy atom. The third kappa shape index (κ3) is 6.01. The Labute approximate surface area is 211 Å². The molecule has 1 amide bonds. The van der Waals surface area contributed by atoms with Gasteiger partial charge in [0.2, 0.25) is 6.41 Å². The van der Waals surface area contributed by atoms with Crippen LogP contribution in [0.3, 0.4) is 0 Å². The summed E-state index contributed by atoms with van der Waals surface area (Å²) in [6.45, 7) is 2.81. The van der Waals surface area contributed by atoms with Crippen LogP contribution in [-0.2, 0) is 17.8 Å². The number of fused-ring (bicyclic) bond motifs is 1. The Kier molecular flexibility index (Phi) is 8.67. The van der Waals surface area contributed by atoms with Gasteiger partial charge in [-0.3, -0.25) is 14.7 Å². The minimum absolute atomic E-state index is 0.0437. The predicted molar refractivity (Wildman–Crippen MR) is 130 cm³/mol. The first-order valence-electron chi connectivity index (χ1n) is 11.2. The molecule has 3 rings (SSSR count). The number of aliphatic hydroxyl groups excluding tert-OH is 1. The summed E-state index contributed by atoms with van der Waals surface area (Å²) in [5, 5.41) is 15.4. The lowest BCUT2D eigenvalue weighted by molar-refractivity contribution is -0.189. The molecule has 196 valence electrons. The number of rotatable bonds is 9. The fourth-order valence-electron chi connectivity index (χ4n) is 3.86. The maximum absolute atomic E-state index is 14.4. The first-order chi connectivity index (χ1) is 17.0. The number of halogens is 5. The Bertz CT molecular complexity index is 1110. The average Bonchev–Trinajstić information content (AvgIpc) is 3.23. The van der Waals surface area contributed by atoms with E-state index in [0.29, 0.717) is 36.3 Å². The van der Waals surface area contributed by atoms with Crippen molar-refractivity contribution >= 4 is 35.2 Å². The highest BCUT2D eigenvalue weighted by atomic mass is 35.5. The normalized spacial score (nSPS) is 14.5. The van der Waals surface area contributed by atoms with Gasteiger partial charge in [0.25, 0.3) is 0 Å². The second-order valence-electron chi connectivity index (χ2n) is 8.21. The van der Waals surface area contributed by atoms with Gasteiger partial charge < -0.3 is 14.7 Å². The van der Waals surface area contributed by atoms with E-state index in [9.17, 15) is 27.5 Å². The number of carbonyl (C=O) groups excluding carboxylic acids is 1. The number of nitrogens with zero attached hydrogens (tertiary/aromatic N) is 4. The van der Waals surface area contributed by atoms with Crippen LogP contribution in [0.25, 0.3) is 0 Å². The molecule has 0 aromatic heterocycles. The molecule has 1 heterocycles. The van der Waals surface area contributed by atoms with Crippen LogP contribution in [0.4, 0.5) is 28.9 Å². The number of anilines is 2. The predicted octanol–water partition coefficient (Wildman–Crippen LogP) is 4.59. The number of hydrogen-bond donors (Lipinski definition) is 1. The summed E-state index contributed by atoms with van der Waals surface area (Å²) in [5.74, 6) is -0.495. The molecule has 0 aliphatic carbocycles. The summed E-state index contributed by atoms with van der Waals surface area (Å²) < 4.78 is 59.9. The maximum atomic E-state index is 14.4. The molecule has 0 fully saturated rings. The van der Waals surface area contributed by atoms with Crippen LogP contribution in [0.2, 0.25) is 5.02 Å². The minimum Gasteiger partial charge on any atom is -0.479 e. The van der Waals surface area contributed by atoms with Gasteiger partial charge in [-0.25, -0.2) is 4.39 Å². The van der Waals surface area contributed by atoms with Gasteiger partial charge in [-0.2, -0.15) is 18.3 Å².